The Morgan fingerprint density at radius 1 is 0.690 bits per heavy atom. The van der Waals surface area contributed by atoms with E-state index in [1.165, 1.54) is 148 Å². The summed E-state index contributed by atoms with van der Waals surface area (Å²) < 4.78 is 0. The molecule has 2 unspecified atom stereocenters. The van der Waals surface area contributed by atoms with Gasteiger partial charge in [0.15, 0.2) is 0 Å². The van der Waals surface area contributed by atoms with Crippen molar-refractivity contribution in [2.45, 2.75) is 206 Å². The zero-order chi connectivity index (χ0) is 30.3. The molecule has 2 aliphatic heterocycles. The molecule has 2 atom stereocenters. The van der Waals surface area contributed by atoms with Gasteiger partial charge in [0.25, 0.3) is 5.91 Å². The summed E-state index contributed by atoms with van der Waals surface area (Å²) in [6.07, 6.45) is 35.2. The van der Waals surface area contributed by atoms with Crippen molar-refractivity contribution in [1.29, 1.82) is 0 Å². The van der Waals surface area contributed by atoms with Gasteiger partial charge in [-0.05, 0) is 45.2 Å². The van der Waals surface area contributed by atoms with Gasteiger partial charge < -0.3 is 0 Å². The Labute approximate surface area is 261 Å². The lowest BCUT2D eigenvalue weighted by molar-refractivity contribution is -0.164. The molecule has 0 aromatic heterocycles. The normalized spacial score (nSPS) is 18.3. The summed E-state index contributed by atoms with van der Waals surface area (Å²) in [5.74, 6) is 0.302. The number of amides is 2. The monoisotopic (exact) mass is 590 g/mol. The van der Waals surface area contributed by atoms with Crippen molar-refractivity contribution in [3.05, 3.63) is 0 Å². The molecule has 0 aromatic carbocycles. The number of hydrogen-bond acceptors (Lipinski definition) is 3. The van der Waals surface area contributed by atoms with E-state index in [1.807, 2.05) is 12.1 Å². The molecule has 5 nitrogen and oxygen atoms in total. The smallest absolute Gasteiger partial charge is 0.258 e. The topological polar surface area (TPSA) is 43.9 Å². The number of rotatable bonds is 27. The second-order valence-electron chi connectivity index (χ2n) is 13.7. The largest absolute Gasteiger partial charge is 0.292 e. The third kappa shape index (κ3) is 15.1. The molecule has 0 radical (unpaired) electrons. The van der Waals surface area contributed by atoms with E-state index in [0.29, 0.717) is 6.42 Å². The fraction of sp³-hybridized carbons (Fsp3) is 0.946. The van der Waals surface area contributed by atoms with E-state index in [9.17, 15) is 9.59 Å². The molecule has 0 spiro atoms. The molecule has 2 fully saturated rings. The van der Waals surface area contributed by atoms with Crippen LogP contribution in [0.1, 0.15) is 194 Å². The highest BCUT2D eigenvalue weighted by molar-refractivity contribution is 5.86. The Morgan fingerprint density at radius 3 is 1.60 bits per heavy atom. The van der Waals surface area contributed by atoms with Crippen molar-refractivity contribution in [3.63, 3.8) is 0 Å². The number of nitrogens with zero attached hydrogens (tertiary/aromatic N) is 3. The van der Waals surface area contributed by atoms with Crippen LogP contribution in [-0.4, -0.2) is 59.0 Å². The molecule has 246 valence electrons. The highest BCUT2D eigenvalue weighted by atomic mass is 16.2. The lowest BCUT2D eigenvalue weighted by atomic mass is 10.0. The van der Waals surface area contributed by atoms with E-state index < -0.39 is 0 Å². The average molecular weight is 590 g/mol. The SMILES string of the molecule is CCCCCCCCCCCCCCC1CCC(=O)N1N(C)C(=O)C(CCCCCCCCCCCC)N1CCCC1. The van der Waals surface area contributed by atoms with E-state index >= 15 is 0 Å². The summed E-state index contributed by atoms with van der Waals surface area (Å²) in [5, 5.41) is 3.61. The number of carbonyl (C=O) groups excluding carboxylic acids is 2. The minimum atomic E-state index is -0.0627. The van der Waals surface area contributed by atoms with Crippen molar-refractivity contribution in [1.82, 2.24) is 14.9 Å². The molecule has 2 amide bonds. The molecular formula is C37H71N3O2. The van der Waals surface area contributed by atoms with E-state index in [4.69, 9.17) is 0 Å². The van der Waals surface area contributed by atoms with Gasteiger partial charge in [-0.25, -0.2) is 5.01 Å². The first-order valence-corrected chi connectivity index (χ1v) is 18.9. The van der Waals surface area contributed by atoms with E-state index in [0.717, 1.165) is 38.8 Å². The third-order valence-electron chi connectivity index (χ3n) is 10.0. The van der Waals surface area contributed by atoms with Gasteiger partial charge in [0.05, 0.1) is 12.1 Å². The molecule has 0 aliphatic carbocycles. The van der Waals surface area contributed by atoms with Gasteiger partial charge in [-0.3, -0.25) is 19.5 Å². The Morgan fingerprint density at radius 2 is 1.12 bits per heavy atom. The summed E-state index contributed by atoms with van der Waals surface area (Å²) in [6, 6.07) is 0.137. The number of hydrazine groups is 1. The second kappa shape index (κ2) is 24.2. The van der Waals surface area contributed by atoms with Gasteiger partial charge in [0.2, 0.25) is 5.91 Å². The lowest BCUT2D eigenvalue weighted by Gasteiger charge is -2.37. The maximum absolute atomic E-state index is 13.9. The quantitative estimate of drug-likeness (QED) is 0.0895. The first kappa shape index (κ1) is 37.1. The zero-order valence-electron chi connectivity index (χ0n) is 28.5. The van der Waals surface area contributed by atoms with Crippen LogP contribution in [0.15, 0.2) is 0 Å². The molecule has 0 saturated carbocycles. The Kier molecular flexibility index (Phi) is 21.4. The van der Waals surface area contributed by atoms with Crippen molar-refractivity contribution in [2.24, 2.45) is 0 Å². The average Bonchev–Trinajstić information content (AvgIpc) is 3.66. The molecule has 2 heterocycles. The summed E-state index contributed by atoms with van der Waals surface area (Å²) in [6.45, 7) is 6.61. The number of likely N-dealkylation sites (N-methyl/N-ethyl adjacent to an activating group) is 1. The van der Waals surface area contributed by atoms with Gasteiger partial charge in [-0.1, -0.05) is 155 Å². The molecular weight excluding hydrogens is 518 g/mol. The van der Waals surface area contributed by atoms with Crippen LogP contribution in [0.4, 0.5) is 0 Å². The molecule has 42 heavy (non-hydrogen) atoms. The van der Waals surface area contributed by atoms with Crippen LogP contribution in [0, 0.1) is 0 Å². The van der Waals surface area contributed by atoms with Gasteiger partial charge in [0, 0.05) is 13.5 Å². The van der Waals surface area contributed by atoms with Crippen LogP contribution in [0.5, 0.6) is 0 Å². The molecule has 0 aromatic rings. The van der Waals surface area contributed by atoms with E-state index in [-0.39, 0.29) is 23.9 Å². The maximum Gasteiger partial charge on any atom is 0.258 e. The summed E-state index contributed by atoms with van der Waals surface area (Å²) in [7, 11) is 1.88. The van der Waals surface area contributed by atoms with Crippen molar-refractivity contribution in [3.8, 4) is 0 Å². The number of hydrogen-bond donors (Lipinski definition) is 0. The molecule has 0 bridgehead atoms. The fourth-order valence-corrected chi connectivity index (χ4v) is 7.29. The van der Waals surface area contributed by atoms with Crippen molar-refractivity contribution < 1.29 is 9.59 Å². The zero-order valence-corrected chi connectivity index (χ0v) is 28.5. The summed E-state index contributed by atoms with van der Waals surface area (Å²) in [4.78, 5) is 29.2. The van der Waals surface area contributed by atoms with Crippen molar-refractivity contribution in [2.75, 3.05) is 20.1 Å². The second-order valence-corrected chi connectivity index (χ2v) is 13.7. The third-order valence-corrected chi connectivity index (χ3v) is 10.0. The number of unbranched alkanes of at least 4 members (excludes halogenated alkanes) is 20. The van der Waals surface area contributed by atoms with Crippen molar-refractivity contribution >= 4 is 11.8 Å². The first-order valence-electron chi connectivity index (χ1n) is 18.9. The van der Waals surface area contributed by atoms with Crippen LogP contribution < -0.4 is 0 Å². The highest BCUT2D eigenvalue weighted by Gasteiger charge is 2.39. The number of carbonyl (C=O) groups is 2. The minimum absolute atomic E-state index is 0.0627. The Balaban J connectivity index is 1.68. The maximum atomic E-state index is 13.9. The van der Waals surface area contributed by atoms with Gasteiger partial charge in [-0.2, -0.15) is 0 Å². The molecule has 2 saturated heterocycles. The standard InChI is InChI=1S/C37H71N3O2/c1-4-6-8-10-12-14-16-17-18-20-22-24-28-34-30-31-36(41)40(34)38(3)37(42)35(39-32-26-27-33-39)29-25-23-21-19-15-13-11-9-7-5-2/h34-35H,4-33H2,1-3H3. The van der Waals surface area contributed by atoms with Crippen LogP contribution in [0.3, 0.4) is 0 Å². The van der Waals surface area contributed by atoms with Crippen LogP contribution in [0.25, 0.3) is 0 Å². The predicted octanol–water partition coefficient (Wildman–Crippen LogP) is 10.2. The molecule has 5 heteroatoms. The van der Waals surface area contributed by atoms with Crippen LogP contribution in [0.2, 0.25) is 0 Å². The molecule has 0 N–H and O–H groups in total. The lowest BCUT2D eigenvalue weighted by Crippen LogP contribution is -2.55. The Hall–Kier alpha value is -1.10. The van der Waals surface area contributed by atoms with Gasteiger partial charge in [-0.15, -0.1) is 0 Å². The van der Waals surface area contributed by atoms with E-state index in [1.54, 1.807) is 5.01 Å². The van der Waals surface area contributed by atoms with Gasteiger partial charge >= 0.3 is 0 Å². The molecule has 2 rings (SSSR count). The van der Waals surface area contributed by atoms with Gasteiger partial charge in [0.1, 0.15) is 0 Å². The van der Waals surface area contributed by atoms with Crippen LogP contribution in [-0.2, 0) is 9.59 Å². The fourth-order valence-electron chi connectivity index (χ4n) is 7.29. The number of likely N-dealkylation sites (tertiary alicyclic amines) is 1. The summed E-state index contributed by atoms with van der Waals surface area (Å²) in [5.41, 5.74) is 0. The molecule has 2 aliphatic rings. The van der Waals surface area contributed by atoms with Crippen LogP contribution >= 0.6 is 0 Å². The summed E-state index contributed by atoms with van der Waals surface area (Å²) >= 11 is 0. The minimum Gasteiger partial charge on any atom is -0.292 e. The first-order chi connectivity index (χ1) is 20.6. The highest BCUT2D eigenvalue weighted by Crippen LogP contribution is 2.27. The van der Waals surface area contributed by atoms with E-state index in [2.05, 4.69) is 18.7 Å². The predicted molar refractivity (Wildman–Crippen MR) is 179 cm³/mol. The Bertz CT molecular complexity index is 678.